The lowest BCUT2D eigenvalue weighted by atomic mass is 9.87. The number of hydrogen-bond donors (Lipinski definition) is 4. The van der Waals surface area contributed by atoms with Crippen molar-refractivity contribution in [3.63, 3.8) is 0 Å². The van der Waals surface area contributed by atoms with Crippen molar-refractivity contribution < 1.29 is 38.9 Å². The summed E-state index contributed by atoms with van der Waals surface area (Å²) in [6, 6.07) is 5.74. The molecule has 0 saturated carbocycles. The molecule has 0 radical (unpaired) electrons. The fourth-order valence-corrected chi connectivity index (χ4v) is 6.02. The maximum Gasteiger partial charge on any atom is 0.295 e. The van der Waals surface area contributed by atoms with Crippen molar-refractivity contribution in [3.05, 3.63) is 41.1 Å². The predicted octanol–water partition coefficient (Wildman–Crippen LogP) is 0.389. The molecule has 29 heavy (non-hydrogen) atoms. The van der Waals surface area contributed by atoms with Gasteiger partial charge >= 0.3 is 0 Å². The van der Waals surface area contributed by atoms with E-state index in [1.54, 1.807) is 0 Å². The third kappa shape index (κ3) is 2.78. The standard InChI is InChI=1S/C16H13NO9S3/c17-16(29(24,25)26)6-5-8-1-2-9-12(27(18,19)20)7-13(28(21,22)23)10-3-4-11(16)14(8)15(9)10/h1-5,7H,6,17H2,(H,18,19,20)(H,21,22,23)(H,24,25,26). The molecule has 0 aliphatic heterocycles. The van der Waals surface area contributed by atoms with Crippen LogP contribution in [-0.4, -0.2) is 38.9 Å². The normalized spacial score (nSPS) is 20.1. The molecule has 10 nitrogen and oxygen atoms in total. The smallest absolute Gasteiger partial charge is 0.295 e. The van der Waals surface area contributed by atoms with Crippen LogP contribution in [0.1, 0.15) is 12.0 Å². The molecule has 154 valence electrons. The van der Waals surface area contributed by atoms with Crippen LogP contribution in [0.4, 0.5) is 0 Å². The Hall–Kier alpha value is -2.13. The van der Waals surface area contributed by atoms with Crippen LogP contribution >= 0.6 is 0 Å². The van der Waals surface area contributed by atoms with Crippen molar-refractivity contribution in [3.8, 4) is 0 Å². The molecule has 0 saturated heterocycles. The van der Waals surface area contributed by atoms with Gasteiger partial charge in [0.15, 0.2) is 4.87 Å². The fourth-order valence-electron chi connectivity index (χ4n) is 3.77. The fraction of sp³-hybridized carbons (Fsp3) is 0.125. The maximum absolute atomic E-state index is 12.0. The van der Waals surface area contributed by atoms with Crippen molar-refractivity contribution in [2.24, 2.45) is 5.73 Å². The molecule has 3 aromatic carbocycles. The van der Waals surface area contributed by atoms with Gasteiger partial charge in [0, 0.05) is 17.2 Å². The molecule has 0 heterocycles. The van der Waals surface area contributed by atoms with Crippen molar-refractivity contribution in [2.75, 3.05) is 0 Å². The molecule has 0 aromatic heterocycles. The Morgan fingerprint density at radius 2 is 1.31 bits per heavy atom. The molecule has 0 bridgehead atoms. The van der Waals surface area contributed by atoms with E-state index in [4.69, 9.17) is 5.73 Å². The molecule has 13 heteroatoms. The van der Waals surface area contributed by atoms with E-state index in [0.717, 1.165) is 6.07 Å². The number of nitrogens with two attached hydrogens (primary N) is 1. The van der Waals surface area contributed by atoms with Gasteiger partial charge in [-0.1, -0.05) is 30.3 Å². The lowest BCUT2D eigenvalue weighted by Crippen LogP contribution is -2.46. The van der Waals surface area contributed by atoms with E-state index in [0.29, 0.717) is 11.3 Å². The molecule has 1 unspecified atom stereocenters. The Labute approximate surface area is 164 Å². The van der Waals surface area contributed by atoms with Gasteiger partial charge in [-0.15, -0.1) is 0 Å². The van der Waals surface area contributed by atoms with Gasteiger partial charge in [0.2, 0.25) is 0 Å². The SMILES string of the molecule is NC1(S(=O)(=O)O)CC=c2ccc3c(S(=O)(=O)O)cc(S(=O)(=O)O)c4ccc1c2c43. The second-order valence-electron chi connectivity index (χ2n) is 6.71. The Kier molecular flexibility index (Phi) is 3.98. The summed E-state index contributed by atoms with van der Waals surface area (Å²) >= 11 is 0. The lowest BCUT2D eigenvalue weighted by molar-refractivity contribution is 0.431. The second kappa shape index (κ2) is 5.72. The van der Waals surface area contributed by atoms with Crippen molar-refractivity contribution in [2.45, 2.75) is 21.1 Å². The van der Waals surface area contributed by atoms with E-state index in [1.165, 1.54) is 24.3 Å². The summed E-state index contributed by atoms with van der Waals surface area (Å²) in [6.07, 6.45) is 1.12. The molecule has 1 aliphatic rings. The minimum atomic E-state index is -4.92. The average Bonchev–Trinajstić information content (AvgIpc) is 2.57. The highest BCUT2D eigenvalue weighted by molar-refractivity contribution is 7.87. The first-order valence-corrected chi connectivity index (χ1v) is 12.2. The summed E-state index contributed by atoms with van der Waals surface area (Å²) < 4.78 is 100. The summed E-state index contributed by atoms with van der Waals surface area (Å²) in [5, 5.41) is 0.238. The van der Waals surface area contributed by atoms with E-state index >= 15 is 0 Å². The van der Waals surface area contributed by atoms with Gasteiger partial charge in [-0.2, -0.15) is 25.3 Å². The van der Waals surface area contributed by atoms with E-state index in [1.807, 2.05) is 0 Å². The first-order chi connectivity index (χ1) is 13.2. The molecule has 0 spiro atoms. The molecular weight excluding hydrogens is 446 g/mol. The average molecular weight is 459 g/mol. The molecule has 4 rings (SSSR count). The number of benzene rings is 3. The summed E-state index contributed by atoms with van der Waals surface area (Å²) in [5.41, 5.74) is 5.90. The molecule has 1 atom stereocenters. The van der Waals surface area contributed by atoms with Crippen LogP contribution < -0.4 is 11.0 Å². The Morgan fingerprint density at radius 1 is 0.793 bits per heavy atom. The van der Waals surface area contributed by atoms with Crippen molar-refractivity contribution in [1.29, 1.82) is 0 Å². The highest BCUT2D eigenvalue weighted by Crippen LogP contribution is 2.41. The lowest BCUT2D eigenvalue weighted by Gasteiger charge is -2.30. The highest BCUT2D eigenvalue weighted by atomic mass is 32.2. The molecule has 0 amide bonds. The zero-order chi connectivity index (χ0) is 21.6. The van der Waals surface area contributed by atoms with Crippen LogP contribution in [0.15, 0.2) is 40.1 Å². The monoisotopic (exact) mass is 459 g/mol. The second-order valence-corrected chi connectivity index (χ2v) is 11.2. The van der Waals surface area contributed by atoms with Gasteiger partial charge in [0.1, 0.15) is 9.79 Å². The quantitative estimate of drug-likeness (QED) is 0.399. The molecule has 5 N–H and O–H groups in total. The maximum atomic E-state index is 12.0. The summed E-state index contributed by atoms with van der Waals surface area (Å²) in [5.74, 6) is 0. The van der Waals surface area contributed by atoms with Crippen LogP contribution in [0.25, 0.3) is 27.6 Å². The van der Waals surface area contributed by atoms with Crippen LogP contribution in [-0.2, 0) is 35.2 Å². The van der Waals surface area contributed by atoms with Gasteiger partial charge in [-0.05, 0) is 27.6 Å². The summed E-state index contributed by atoms with van der Waals surface area (Å²) in [7, 11) is -14.7. The zero-order valence-electron chi connectivity index (χ0n) is 14.3. The van der Waals surface area contributed by atoms with E-state index in [9.17, 15) is 38.9 Å². The van der Waals surface area contributed by atoms with Gasteiger partial charge < -0.3 is 5.73 Å². The van der Waals surface area contributed by atoms with E-state index < -0.39 is 45.0 Å². The van der Waals surface area contributed by atoms with Crippen LogP contribution in [0.3, 0.4) is 0 Å². The van der Waals surface area contributed by atoms with Crippen molar-refractivity contribution in [1.82, 2.24) is 0 Å². The summed E-state index contributed by atoms with van der Waals surface area (Å²) in [6.45, 7) is 0. The number of hydrogen-bond acceptors (Lipinski definition) is 7. The molecular formula is C16H13NO9S3. The predicted molar refractivity (Wildman–Crippen MR) is 103 cm³/mol. The minimum absolute atomic E-state index is 0.0443. The molecule has 0 fully saturated rings. The third-order valence-electron chi connectivity index (χ3n) is 5.08. The van der Waals surface area contributed by atoms with E-state index in [2.05, 4.69) is 0 Å². The molecule has 3 aromatic rings. The van der Waals surface area contributed by atoms with Gasteiger partial charge in [0.05, 0.1) is 0 Å². The topological polar surface area (TPSA) is 189 Å². The highest BCUT2D eigenvalue weighted by Gasteiger charge is 2.43. The van der Waals surface area contributed by atoms with E-state index in [-0.39, 0.29) is 33.5 Å². The summed E-state index contributed by atoms with van der Waals surface area (Å²) in [4.78, 5) is -3.84. The third-order valence-corrected chi connectivity index (χ3v) is 8.18. The first kappa shape index (κ1) is 20.2. The Bertz CT molecular complexity index is 1560. The minimum Gasteiger partial charge on any atom is -0.307 e. The van der Waals surface area contributed by atoms with Gasteiger partial charge in [0.25, 0.3) is 30.4 Å². The van der Waals surface area contributed by atoms with Crippen LogP contribution in [0, 0.1) is 0 Å². The van der Waals surface area contributed by atoms with Crippen LogP contribution in [0.5, 0.6) is 0 Å². The van der Waals surface area contributed by atoms with Crippen molar-refractivity contribution >= 4 is 58.0 Å². The number of rotatable bonds is 3. The Morgan fingerprint density at radius 3 is 1.79 bits per heavy atom. The first-order valence-electron chi connectivity index (χ1n) is 7.90. The zero-order valence-corrected chi connectivity index (χ0v) is 16.7. The van der Waals surface area contributed by atoms with Gasteiger partial charge in [-0.25, -0.2) is 0 Å². The largest absolute Gasteiger partial charge is 0.307 e. The Balaban J connectivity index is 2.39. The molecule has 1 aliphatic carbocycles. The van der Waals surface area contributed by atoms with Crippen LogP contribution in [0.2, 0.25) is 0 Å². The van der Waals surface area contributed by atoms with Gasteiger partial charge in [-0.3, -0.25) is 13.7 Å².